The number of oxazole rings is 1. The van der Waals surface area contributed by atoms with Crippen molar-refractivity contribution >= 4 is 28.8 Å². The van der Waals surface area contributed by atoms with Crippen molar-refractivity contribution < 1.29 is 13.7 Å². The van der Waals surface area contributed by atoms with Gasteiger partial charge in [0.2, 0.25) is 5.58 Å². The second-order valence-electron chi connectivity index (χ2n) is 8.36. The van der Waals surface area contributed by atoms with Crippen LogP contribution in [0.2, 0.25) is 5.02 Å². The lowest BCUT2D eigenvalue weighted by atomic mass is 10.1. The first kappa shape index (κ1) is 24.6. The molecule has 0 saturated carbocycles. The fourth-order valence-electron chi connectivity index (χ4n) is 4.05. The Kier molecular flexibility index (Phi) is 7.94. The number of allylic oxidation sites excluding steroid dienone is 2. The highest BCUT2D eigenvalue weighted by Gasteiger charge is 2.20. The molecule has 0 amide bonds. The summed E-state index contributed by atoms with van der Waals surface area (Å²) in [5.74, 6) is 2.29. The maximum atomic E-state index is 6.29. The molecule has 0 bridgehead atoms. The van der Waals surface area contributed by atoms with Crippen LogP contribution in [0.3, 0.4) is 0 Å². The highest BCUT2D eigenvalue weighted by molar-refractivity contribution is 6.30. The number of aromatic nitrogens is 1. The largest absolute Gasteiger partial charge is 0.441 e. The molecule has 1 heterocycles. The summed E-state index contributed by atoms with van der Waals surface area (Å²) in [5, 5.41) is 4.03. The van der Waals surface area contributed by atoms with Crippen LogP contribution in [-0.2, 0) is 6.54 Å². The van der Waals surface area contributed by atoms with Gasteiger partial charge >= 0.3 is 5.89 Å². The van der Waals surface area contributed by atoms with E-state index in [-0.39, 0.29) is 0 Å². The number of hydrogen-bond acceptors (Lipinski definition) is 3. The molecule has 4 nitrogen and oxygen atoms in total. The van der Waals surface area contributed by atoms with Crippen LogP contribution in [0.1, 0.15) is 38.6 Å². The Bertz CT molecular complexity index is 1370. The molecule has 0 aliphatic heterocycles. The lowest BCUT2D eigenvalue weighted by Gasteiger charge is -2.14. The minimum Gasteiger partial charge on any atom is -0.441 e. The van der Waals surface area contributed by atoms with E-state index in [1.54, 1.807) is 0 Å². The SMILES string of the molecule is CCNC(=CC(=Cc1oc2ccc(-c3ccccc3)cc2[n+]1CC)CC)Oc1ccc(Cl)cc1C. The maximum Gasteiger partial charge on any atom is 0.374 e. The van der Waals surface area contributed by atoms with Gasteiger partial charge in [0.05, 0.1) is 6.08 Å². The molecule has 0 spiro atoms. The third-order valence-corrected chi connectivity index (χ3v) is 6.13. The Morgan fingerprint density at radius 3 is 2.49 bits per heavy atom. The number of hydrogen-bond donors (Lipinski definition) is 1. The van der Waals surface area contributed by atoms with Gasteiger partial charge in [-0.15, -0.1) is 0 Å². The Morgan fingerprint density at radius 1 is 1.00 bits per heavy atom. The monoisotopic (exact) mass is 487 g/mol. The minimum atomic E-state index is 0.691. The van der Waals surface area contributed by atoms with E-state index in [1.165, 1.54) is 11.1 Å². The van der Waals surface area contributed by atoms with Crippen molar-refractivity contribution in [2.24, 2.45) is 0 Å². The molecule has 1 N–H and O–H groups in total. The molecule has 4 aromatic rings. The summed E-state index contributed by atoms with van der Waals surface area (Å²) in [6, 6.07) is 22.4. The first-order valence-electron chi connectivity index (χ1n) is 12.1. The Hall–Kier alpha value is -3.50. The molecule has 3 aromatic carbocycles. The molecule has 180 valence electrons. The van der Waals surface area contributed by atoms with E-state index in [0.717, 1.165) is 53.4 Å². The standard InChI is InChI=1S/C30H31ClN2O2/c1-5-22(18-29(32-6-2)34-27-16-14-25(31)17-21(27)4)19-30-33(7-3)26-20-24(13-15-28(26)35-30)23-11-9-8-10-12-23/h8-20H,5-7H2,1-4H3/p+1. The molecule has 0 aliphatic carbocycles. The fourth-order valence-corrected chi connectivity index (χ4v) is 4.28. The van der Waals surface area contributed by atoms with Crippen LogP contribution in [0.4, 0.5) is 0 Å². The van der Waals surface area contributed by atoms with Crippen LogP contribution in [0, 0.1) is 6.92 Å². The van der Waals surface area contributed by atoms with Crippen molar-refractivity contribution in [2.75, 3.05) is 6.54 Å². The molecule has 1 aromatic heterocycles. The summed E-state index contributed by atoms with van der Waals surface area (Å²) in [7, 11) is 0. The first-order valence-corrected chi connectivity index (χ1v) is 12.5. The second kappa shape index (κ2) is 11.3. The number of nitrogens with one attached hydrogen (secondary N) is 1. The van der Waals surface area contributed by atoms with E-state index in [1.807, 2.05) is 37.3 Å². The van der Waals surface area contributed by atoms with Gasteiger partial charge in [0.1, 0.15) is 12.3 Å². The molecule has 35 heavy (non-hydrogen) atoms. The van der Waals surface area contributed by atoms with Crippen LogP contribution in [0.25, 0.3) is 28.3 Å². The number of benzene rings is 3. The van der Waals surface area contributed by atoms with Crippen molar-refractivity contribution in [3.05, 3.63) is 101 Å². The number of aryl methyl sites for hydroxylation is 2. The summed E-state index contributed by atoms with van der Waals surface area (Å²) in [4.78, 5) is 0. The zero-order valence-electron chi connectivity index (χ0n) is 20.8. The molecule has 0 unspecified atom stereocenters. The van der Waals surface area contributed by atoms with E-state index in [2.05, 4.69) is 79.2 Å². The van der Waals surface area contributed by atoms with Gasteiger partial charge in [-0.1, -0.05) is 54.9 Å². The topological polar surface area (TPSA) is 38.3 Å². The number of rotatable bonds is 9. The molecular weight excluding hydrogens is 456 g/mol. The summed E-state index contributed by atoms with van der Waals surface area (Å²) < 4.78 is 14.7. The Balaban J connectivity index is 1.71. The maximum absolute atomic E-state index is 6.29. The number of halogens is 1. The summed E-state index contributed by atoms with van der Waals surface area (Å²) >= 11 is 6.11. The minimum absolute atomic E-state index is 0.691. The molecule has 0 radical (unpaired) electrons. The van der Waals surface area contributed by atoms with Gasteiger partial charge < -0.3 is 14.5 Å². The fraction of sp³-hybridized carbons (Fsp3) is 0.233. The van der Waals surface area contributed by atoms with Crippen LogP contribution in [0.5, 0.6) is 5.75 Å². The highest BCUT2D eigenvalue weighted by atomic mass is 35.5. The lowest BCUT2D eigenvalue weighted by molar-refractivity contribution is -0.674. The van der Waals surface area contributed by atoms with Gasteiger partial charge in [-0.2, -0.15) is 4.57 Å². The van der Waals surface area contributed by atoms with Crippen molar-refractivity contribution in [1.29, 1.82) is 0 Å². The quantitative estimate of drug-likeness (QED) is 0.149. The molecule has 5 heteroatoms. The molecule has 0 aliphatic rings. The number of fused-ring (bicyclic) bond motifs is 1. The van der Waals surface area contributed by atoms with Gasteiger partial charge in [0, 0.05) is 23.7 Å². The van der Waals surface area contributed by atoms with Crippen LogP contribution < -0.4 is 14.6 Å². The molecule has 0 atom stereocenters. The van der Waals surface area contributed by atoms with Crippen LogP contribution >= 0.6 is 11.6 Å². The van der Waals surface area contributed by atoms with E-state index in [9.17, 15) is 0 Å². The third kappa shape index (κ3) is 5.77. The Morgan fingerprint density at radius 2 is 1.80 bits per heavy atom. The normalized spacial score (nSPS) is 12.3. The lowest BCUT2D eigenvalue weighted by Crippen LogP contribution is -2.33. The predicted octanol–water partition coefficient (Wildman–Crippen LogP) is 7.69. The first-order chi connectivity index (χ1) is 17.0. The van der Waals surface area contributed by atoms with Gasteiger partial charge in [-0.3, -0.25) is 0 Å². The summed E-state index contributed by atoms with van der Waals surface area (Å²) in [6.45, 7) is 9.86. The van der Waals surface area contributed by atoms with Gasteiger partial charge in [-0.25, -0.2) is 0 Å². The molecule has 4 rings (SSSR count). The summed E-state index contributed by atoms with van der Waals surface area (Å²) in [6.07, 6.45) is 4.97. The van der Waals surface area contributed by atoms with Crippen LogP contribution in [-0.4, -0.2) is 6.54 Å². The van der Waals surface area contributed by atoms with E-state index in [4.69, 9.17) is 20.8 Å². The second-order valence-corrected chi connectivity index (χ2v) is 8.79. The number of ether oxygens (including phenoxy) is 1. The van der Waals surface area contributed by atoms with Gasteiger partial charge in [0.15, 0.2) is 5.88 Å². The third-order valence-electron chi connectivity index (χ3n) is 5.90. The Labute approximate surface area is 212 Å². The van der Waals surface area contributed by atoms with Crippen molar-refractivity contribution in [3.63, 3.8) is 0 Å². The molecule has 0 fully saturated rings. The van der Waals surface area contributed by atoms with E-state index in [0.29, 0.717) is 10.9 Å². The van der Waals surface area contributed by atoms with Crippen molar-refractivity contribution in [2.45, 2.75) is 40.7 Å². The van der Waals surface area contributed by atoms with E-state index >= 15 is 0 Å². The van der Waals surface area contributed by atoms with Crippen LogP contribution in [0.15, 0.2) is 88.7 Å². The van der Waals surface area contributed by atoms with Gasteiger partial charge in [0.25, 0.3) is 5.52 Å². The average Bonchev–Trinajstić information content (AvgIpc) is 3.22. The zero-order chi connectivity index (χ0) is 24.8. The summed E-state index contributed by atoms with van der Waals surface area (Å²) in [5.41, 5.74) is 6.40. The molecule has 0 saturated heterocycles. The van der Waals surface area contributed by atoms with Gasteiger partial charge in [-0.05, 0) is 73.7 Å². The smallest absolute Gasteiger partial charge is 0.374 e. The zero-order valence-corrected chi connectivity index (χ0v) is 21.5. The average molecular weight is 488 g/mol. The van der Waals surface area contributed by atoms with E-state index < -0.39 is 0 Å². The van der Waals surface area contributed by atoms with Crippen molar-refractivity contribution in [1.82, 2.24) is 5.32 Å². The molecular formula is C30H32ClN2O2+. The van der Waals surface area contributed by atoms with Crippen molar-refractivity contribution in [3.8, 4) is 16.9 Å². The highest BCUT2D eigenvalue weighted by Crippen LogP contribution is 2.26. The predicted molar refractivity (Wildman–Crippen MR) is 144 cm³/mol. The number of nitrogens with zero attached hydrogens (tertiary/aromatic N) is 1.